The van der Waals surface area contributed by atoms with Gasteiger partial charge in [0.1, 0.15) is 5.76 Å². The quantitative estimate of drug-likeness (QED) is 0.841. The predicted octanol–water partition coefficient (Wildman–Crippen LogP) is 0.784. The van der Waals surface area contributed by atoms with E-state index in [4.69, 9.17) is 9.52 Å². The minimum atomic E-state index is -0.851. The average molecular weight is 238 g/mol. The second-order valence-electron chi connectivity index (χ2n) is 4.05. The molecule has 0 saturated carbocycles. The minimum Gasteiger partial charge on any atom is -0.481 e. The zero-order valence-electron chi connectivity index (χ0n) is 9.55. The van der Waals surface area contributed by atoms with Crippen molar-refractivity contribution in [3.63, 3.8) is 0 Å². The van der Waals surface area contributed by atoms with Crippen molar-refractivity contribution in [3.05, 3.63) is 17.8 Å². The van der Waals surface area contributed by atoms with Gasteiger partial charge in [0.25, 0.3) is 5.91 Å². The fraction of sp³-hybridized carbons (Fsp3) is 0.545. The van der Waals surface area contributed by atoms with Gasteiger partial charge in [-0.1, -0.05) is 6.92 Å². The van der Waals surface area contributed by atoms with Crippen LogP contribution in [-0.4, -0.2) is 40.0 Å². The highest BCUT2D eigenvalue weighted by Crippen LogP contribution is 2.20. The van der Waals surface area contributed by atoms with E-state index in [-0.39, 0.29) is 12.5 Å². The number of rotatable bonds is 3. The zero-order valence-corrected chi connectivity index (χ0v) is 9.55. The van der Waals surface area contributed by atoms with Gasteiger partial charge >= 0.3 is 5.97 Å². The average Bonchev–Trinajstić information content (AvgIpc) is 2.96. The Morgan fingerprint density at radius 3 is 3.00 bits per heavy atom. The summed E-state index contributed by atoms with van der Waals surface area (Å²) in [5, 5.41) is 8.87. The number of aryl methyl sites for hydroxylation is 1. The van der Waals surface area contributed by atoms with E-state index in [9.17, 15) is 9.59 Å². The number of carbonyl (C=O) groups is 2. The lowest BCUT2D eigenvalue weighted by Gasteiger charge is -2.14. The van der Waals surface area contributed by atoms with Crippen LogP contribution in [0.15, 0.2) is 10.8 Å². The highest BCUT2D eigenvalue weighted by molar-refractivity contribution is 5.93. The maximum Gasteiger partial charge on any atom is 0.308 e. The van der Waals surface area contributed by atoms with Gasteiger partial charge < -0.3 is 14.4 Å². The molecule has 0 bridgehead atoms. The first-order valence-electron chi connectivity index (χ1n) is 5.58. The molecular formula is C11H14N2O4. The Morgan fingerprint density at radius 2 is 2.41 bits per heavy atom. The molecule has 2 rings (SSSR count). The molecule has 1 saturated heterocycles. The molecule has 1 aromatic rings. The molecular weight excluding hydrogens is 224 g/mol. The standard InChI is InChI=1S/C11H14N2O4/c1-2-8-9(12-6-17-8)10(14)13-4-3-7(5-13)11(15)16/h6-7H,2-5H2,1H3,(H,15,16). The first-order chi connectivity index (χ1) is 8.13. The molecule has 0 spiro atoms. The summed E-state index contributed by atoms with van der Waals surface area (Å²) in [6.45, 7) is 2.59. The number of likely N-dealkylation sites (tertiary alicyclic amines) is 1. The summed E-state index contributed by atoms with van der Waals surface area (Å²) >= 11 is 0. The fourth-order valence-corrected chi connectivity index (χ4v) is 1.99. The van der Waals surface area contributed by atoms with Crippen molar-refractivity contribution < 1.29 is 19.1 Å². The van der Waals surface area contributed by atoms with Crippen molar-refractivity contribution in [1.29, 1.82) is 0 Å². The SMILES string of the molecule is CCc1ocnc1C(=O)N1CCC(C(=O)O)C1. The predicted molar refractivity (Wildman–Crippen MR) is 57.5 cm³/mol. The van der Waals surface area contributed by atoms with Crippen LogP contribution in [-0.2, 0) is 11.2 Å². The molecule has 17 heavy (non-hydrogen) atoms. The molecule has 1 amide bonds. The number of aliphatic carboxylic acids is 1. The summed E-state index contributed by atoms with van der Waals surface area (Å²) in [4.78, 5) is 28.3. The molecule has 1 fully saturated rings. The van der Waals surface area contributed by atoms with Crippen molar-refractivity contribution in [2.75, 3.05) is 13.1 Å². The molecule has 1 aliphatic heterocycles. The van der Waals surface area contributed by atoms with Gasteiger partial charge in [-0.3, -0.25) is 9.59 Å². The summed E-state index contributed by atoms with van der Waals surface area (Å²) in [5.74, 6) is -1.000. The lowest BCUT2D eigenvalue weighted by Crippen LogP contribution is -2.30. The van der Waals surface area contributed by atoms with Crippen LogP contribution in [0.25, 0.3) is 0 Å². The Balaban J connectivity index is 2.09. The fourth-order valence-electron chi connectivity index (χ4n) is 1.99. The van der Waals surface area contributed by atoms with Gasteiger partial charge in [0.15, 0.2) is 12.1 Å². The first-order valence-corrected chi connectivity index (χ1v) is 5.58. The van der Waals surface area contributed by atoms with E-state index in [0.29, 0.717) is 30.8 Å². The lowest BCUT2D eigenvalue weighted by molar-refractivity contribution is -0.141. The van der Waals surface area contributed by atoms with E-state index in [0.717, 1.165) is 0 Å². The second kappa shape index (κ2) is 4.57. The number of oxazole rings is 1. The van der Waals surface area contributed by atoms with E-state index >= 15 is 0 Å². The van der Waals surface area contributed by atoms with Crippen molar-refractivity contribution >= 4 is 11.9 Å². The molecule has 1 aliphatic rings. The van der Waals surface area contributed by atoms with Crippen molar-refractivity contribution in [3.8, 4) is 0 Å². The molecule has 1 unspecified atom stereocenters. The normalized spacial score (nSPS) is 19.6. The van der Waals surface area contributed by atoms with Crippen LogP contribution in [0.2, 0.25) is 0 Å². The van der Waals surface area contributed by atoms with Crippen LogP contribution in [0.5, 0.6) is 0 Å². The van der Waals surface area contributed by atoms with Crippen LogP contribution < -0.4 is 0 Å². The number of nitrogens with zero attached hydrogens (tertiary/aromatic N) is 2. The molecule has 92 valence electrons. The lowest BCUT2D eigenvalue weighted by atomic mass is 10.1. The third-order valence-electron chi connectivity index (χ3n) is 2.99. The number of amides is 1. The van der Waals surface area contributed by atoms with Crippen LogP contribution in [0.3, 0.4) is 0 Å². The maximum atomic E-state index is 12.1. The minimum absolute atomic E-state index is 0.237. The topological polar surface area (TPSA) is 83.6 Å². The van der Waals surface area contributed by atoms with Crippen molar-refractivity contribution in [2.24, 2.45) is 5.92 Å². The maximum absolute atomic E-state index is 12.1. The smallest absolute Gasteiger partial charge is 0.308 e. The molecule has 1 N–H and O–H groups in total. The Labute approximate surface area is 98.2 Å². The molecule has 0 aliphatic carbocycles. The van der Waals surface area contributed by atoms with Gasteiger partial charge in [0.2, 0.25) is 0 Å². The molecule has 0 aromatic carbocycles. The van der Waals surface area contributed by atoms with Crippen LogP contribution in [0, 0.1) is 5.92 Å². The Hall–Kier alpha value is -1.85. The number of carboxylic acid groups (broad SMARTS) is 1. The van der Waals surface area contributed by atoms with E-state index < -0.39 is 11.9 Å². The second-order valence-corrected chi connectivity index (χ2v) is 4.05. The molecule has 1 aromatic heterocycles. The largest absolute Gasteiger partial charge is 0.481 e. The Morgan fingerprint density at radius 1 is 1.65 bits per heavy atom. The zero-order chi connectivity index (χ0) is 12.4. The number of carboxylic acids is 1. The van der Waals surface area contributed by atoms with Gasteiger partial charge in [0, 0.05) is 19.5 Å². The first kappa shape index (κ1) is 11.6. The van der Waals surface area contributed by atoms with Gasteiger partial charge in [-0.2, -0.15) is 0 Å². The molecule has 1 atom stereocenters. The van der Waals surface area contributed by atoms with Crippen LogP contribution in [0.4, 0.5) is 0 Å². The number of hydrogen-bond donors (Lipinski definition) is 1. The highest BCUT2D eigenvalue weighted by Gasteiger charge is 2.33. The summed E-state index contributed by atoms with van der Waals surface area (Å²) < 4.78 is 5.09. The molecule has 6 nitrogen and oxygen atoms in total. The van der Waals surface area contributed by atoms with Gasteiger partial charge in [0.05, 0.1) is 5.92 Å². The van der Waals surface area contributed by atoms with Crippen LogP contribution in [0.1, 0.15) is 29.6 Å². The van der Waals surface area contributed by atoms with Gasteiger partial charge in [-0.25, -0.2) is 4.98 Å². The number of aromatic nitrogens is 1. The summed E-state index contributed by atoms with van der Waals surface area (Å²) in [5.41, 5.74) is 0.304. The molecule has 2 heterocycles. The van der Waals surface area contributed by atoms with Gasteiger partial charge in [-0.05, 0) is 6.42 Å². The Kier molecular flexibility index (Phi) is 3.12. The highest BCUT2D eigenvalue weighted by atomic mass is 16.4. The summed E-state index contributed by atoms with van der Waals surface area (Å²) in [6.07, 6.45) is 2.34. The van der Waals surface area contributed by atoms with E-state index in [1.54, 1.807) is 0 Å². The van der Waals surface area contributed by atoms with Crippen molar-refractivity contribution in [2.45, 2.75) is 19.8 Å². The molecule has 0 radical (unpaired) electrons. The van der Waals surface area contributed by atoms with E-state index in [1.165, 1.54) is 11.3 Å². The third kappa shape index (κ3) is 2.15. The summed E-state index contributed by atoms with van der Waals surface area (Å²) in [6, 6.07) is 0. The molecule has 6 heteroatoms. The Bertz CT molecular complexity index is 440. The van der Waals surface area contributed by atoms with Crippen molar-refractivity contribution in [1.82, 2.24) is 9.88 Å². The number of hydrogen-bond acceptors (Lipinski definition) is 4. The van der Waals surface area contributed by atoms with E-state index in [2.05, 4.69) is 4.98 Å². The van der Waals surface area contributed by atoms with E-state index in [1.807, 2.05) is 6.92 Å². The number of carbonyl (C=O) groups excluding carboxylic acids is 1. The van der Waals surface area contributed by atoms with Crippen LogP contribution >= 0.6 is 0 Å². The van der Waals surface area contributed by atoms with Gasteiger partial charge in [-0.15, -0.1) is 0 Å². The summed E-state index contributed by atoms with van der Waals surface area (Å²) in [7, 11) is 0. The third-order valence-corrected chi connectivity index (χ3v) is 2.99. The monoisotopic (exact) mass is 238 g/mol.